The molecule has 2 aromatic carbocycles. The Morgan fingerprint density at radius 3 is 2.65 bits per heavy atom. The minimum Gasteiger partial charge on any atom is -0.493 e. The zero-order valence-corrected chi connectivity index (χ0v) is 20.5. The van der Waals surface area contributed by atoms with Crippen LogP contribution in [-0.4, -0.2) is 29.1 Å². The number of aromatic nitrogens is 2. The van der Waals surface area contributed by atoms with E-state index in [4.69, 9.17) is 26.1 Å². The maximum atomic E-state index is 13.2. The molecule has 0 aliphatic heterocycles. The number of ether oxygens (including phenoxy) is 2. The van der Waals surface area contributed by atoms with Gasteiger partial charge in [0.1, 0.15) is 5.82 Å². The predicted molar refractivity (Wildman–Crippen MR) is 129 cm³/mol. The van der Waals surface area contributed by atoms with Crippen LogP contribution in [0.3, 0.4) is 0 Å². The molecule has 0 saturated carbocycles. The summed E-state index contributed by atoms with van der Waals surface area (Å²) in [5.41, 5.74) is 1.10. The Morgan fingerprint density at radius 2 is 2.00 bits per heavy atom. The predicted octanol–water partition coefficient (Wildman–Crippen LogP) is 6.00. The van der Waals surface area contributed by atoms with E-state index in [1.165, 1.54) is 4.68 Å². The van der Waals surface area contributed by atoms with Crippen molar-refractivity contribution in [2.24, 2.45) is 5.10 Å². The fraction of sp³-hybridized carbons (Fsp3) is 0.348. The fourth-order valence-electron chi connectivity index (χ4n) is 3.07. The van der Waals surface area contributed by atoms with Crippen LogP contribution in [0.15, 0.2) is 44.7 Å². The maximum absolute atomic E-state index is 13.2. The summed E-state index contributed by atoms with van der Waals surface area (Å²) in [5.74, 6) is 1.64. The molecular formula is C23H25BrClN3O3. The molecule has 0 aliphatic rings. The normalized spacial score (nSPS) is 12.6. The zero-order chi connectivity index (χ0) is 22.7. The number of fused-ring (bicyclic) bond motifs is 1. The van der Waals surface area contributed by atoms with Crippen molar-refractivity contribution < 1.29 is 9.47 Å². The molecule has 8 heteroatoms. The molecule has 0 amide bonds. The van der Waals surface area contributed by atoms with Crippen LogP contribution in [0.2, 0.25) is 5.02 Å². The molecule has 6 nitrogen and oxygen atoms in total. The highest BCUT2D eigenvalue weighted by molar-refractivity contribution is 9.10. The monoisotopic (exact) mass is 505 g/mol. The molecule has 31 heavy (non-hydrogen) atoms. The average Bonchev–Trinajstić information content (AvgIpc) is 2.74. The third kappa shape index (κ3) is 5.10. The van der Waals surface area contributed by atoms with Gasteiger partial charge in [0.05, 0.1) is 35.4 Å². The second-order valence-corrected chi connectivity index (χ2v) is 8.83. The quantitative estimate of drug-likeness (QED) is 0.368. The lowest BCUT2D eigenvalue weighted by atomic mass is 10.1. The third-order valence-electron chi connectivity index (χ3n) is 4.81. The van der Waals surface area contributed by atoms with E-state index in [-0.39, 0.29) is 17.6 Å². The highest BCUT2D eigenvalue weighted by atomic mass is 79.9. The zero-order valence-electron chi connectivity index (χ0n) is 18.1. The molecule has 1 heterocycles. The molecular weight excluding hydrogens is 482 g/mol. The topological polar surface area (TPSA) is 65.7 Å². The summed E-state index contributed by atoms with van der Waals surface area (Å²) in [4.78, 5) is 17.9. The Bertz CT molecular complexity index is 1190. The molecule has 0 spiro atoms. The van der Waals surface area contributed by atoms with Gasteiger partial charge in [0.2, 0.25) is 0 Å². The number of nitrogens with zero attached hydrogens (tertiary/aromatic N) is 3. The molecule has 1 aromatic heterocycles. The summed E-state index contributed by atoms with van der Waals surface area (Å²) in [6, 6.07) is 8.96. The van der Waals surface area contributed by atoms with Gasteiger partial charge in [0.15, 0.2) is 11.5 Å². The standard InChI is InChI=1S/C23H25BrClN3O3/c1-6-14(4)22-27-19-8-7-16(24)11-17(19)23(29)28(22)26-12-15-9-18(25)21(31-13(2)3)20(10-15)30-5/h7-14H,6H2,1-5H3/t14-/m0/s1. The molecule has 3 rings (SSSR count). The average molecular weight is 507 g/mol. The van der Waals surface area contributed by atoms with Crippen LogP contribution in [0.25, 0.3) is 10.9 Å². The van der Waals surface area contributed by atoms with Gasteiger partial charge in [-0.1, -0.05) is 41.4 Å². The van der Waals surface area contributed by atoms with Gasteiger partial charge in [0, 0.05) is 10.4 Å². The first-order chi connectivity index (χ1) is 14.7. The first kappa shape index (κ1) is 23.3. The Hall–Kier alpha value is -2.38. The summed E-state index contributed by atoms with van der Waals surface area (Å²) in [5, 5.41) is 5.38. The van der Waals surface area contributed by atoms with Crippen molar-refractivity contribution in [3.8, 4) is 11.5 Å². The molecule has 164 valence electrons. The van der Waals surface area contributed by atoms with E-state index in [2.05, 4.69) is 28.0 Å². The number of halogens is 2. The van der Waals surface area contributed by atoms with Crippen LogP contribution in [0.1, 0.15) is 51.4 Å². The number of hydrogen-bond acceptors (Lipinski definition) is 5. The first-order valence-corrected chi connectivity index (χ1v) is 11.2. The lowest BCUT2D eigenvalue weighted by Crippen LogP contribution is -2.23. The van der Waals surface area contributed by atoms with Crippen molar-refractivity contribution in [3.05, 3.63) is 61.6 Å². The van der Waals surface area contributed by atoms with Crippen molar-refractivity contribution in [1.29, 1.82) is 0 Å². The third-order valence-corrected chi connectivity index (χ3v) is 5.59. The first-order valence-electron chi connectivity index (χ1n) is 10.1. The van der Waals surface area contributed by atoms with Crippen LogP contribution in [-0.2, 0) is 0 Å². The molecule has 0 fully saturated rings. The molecule has 0 saturated heterocycles. The van der Waals surface area contributed by atoms with E-state index in [0.29, 0.717) is 38.8 Å². The number of rotatable bonds is 7. The Kier molecular flexibility index (Phi) is 7.38. The van der Waals surface area contributed by atoms with E-state index >= 15 is 0 Å². The van der Waals surface area contributed by atoms with Crippen LogP contribution in [0, 0.1) is 0 Å². The van der Waals surface area contributed by atoms with Gasteiger partial charge in [-0.3, -0.25) is 4.79 Å². The van der Waals surface area contributed by atoms with E-state index in [1.807, 2.05) is 32.9 Å². The van der Waals surface area contributed by atoms with Crippen molar-refractivity contribution >= 4 is 44.6 Å². The lowest BCUT2D eigenvalue weighted by molar-refractivity contribution is 0.230. The van der Waals surface area contributed by atoms with Gasteiger partial charge in [-0.2, -0.15) is 9.78 Å². The molecule has 1 atom stereocenters. The summed E-state index contributed by atoms with van der Waals surface area (Å²) >= 11 is 9.84. The highest BCUT2D eigenvalue weighted by Gasteiger charge is 2.16. The van der Waals surface area contributed by atoms with Crippen molar-refractivity contribution in [1.82, 2.24) is 9.66 Å². The summed E-state index contributed by atoms with van der Waals surface area (Å²) in [6.07, 6.45) is 2.35. The van der Waals surface area contributed by atoms with E-state index in [9.17, 15) is 4.79 Å². The lowest BCUT2D eigenvalue weighted by Gasteiger charge is -2.16. The van der Waals surface area contributed by atoms with Gasteiger partial charge >= 0.3 is 0 Å². The van der Waals surface area contributed by atoms with Gasteiger partial charge in [-0.15, -0.1) is 0 Å². The Morgan fingerprint density at radius 1 is 1.26 bits per heavy atom. The SMILES string of the molecule is CC[C@H](C)c1nc2ccc(Br)cc2c(=O)n1N=Cc1cc(Cl)c(OC(C)C)c(OC)c1. The molecule has 0 unspecified atom stereocenters. The minimum absolute atomic E-state index is 0.0504. The highest BCUT2D eigenvalue weighted by Crippen LogP contribution is 2.36. The summed E-state index contributed by atoms with van der Waals surface area (Å²) in [7, 11) is 1.55. The van der Waals surface area contributed by atoms with Crippen molar-refractivity contribution in [2.45, 2.75) is 46.1 Å². The largest absolute Gasteiger partial charge is 0.493 e. The number of methoxy groups -OCH3 is 1. The summed E-state index contributed by atoms with van der Waals surface area (Å²) in [6.45, 7) is 7.91. The Balaban J connectivity index is 2.13. The Labute approximate surface area is 195 Å². The van der Waals surface area contributed by atoms with Crippen LogP contribution < -0.4 is 15.0 Å². The van der Waals surface area contributed by atoms with Crippen molar-refractivity contribution in [3.63, 3.8) is 0 Å². The van der Waals surface area contributed by atoms with Crippen LogP contribution >= 0.6 is 27.5 Å². The van der Waals surface area contributed by atoms with Gasteiger partial charge in [-0.05, 0) is 56.2 Å². The van der Waals surface area contributed by atoms with Gasteiger partial charge in [-0.25, -0.2) is 4.98 Å². The molecule has 0 bridgehead atoms. The van der Waals surface area contributed by atoms with Gasteiger partial charge < -0.3 is 9.47 Å². The smallest absolute Gasteiger partial charge is 0.282 e. The van der Waals surface area contributed by atoms with E-state index in [0.717, 1.165) is 10.9 Å². The number of hydrogen-bond donors (Lipinski definition) is 0. The van der Waals surface area contributed by atoms with Gasteiger partial charge in [0.25, 0.3) is 5.56 Å². The minimum atomic E-state index is -0.226. The van der Waals surface area contributed by atoms with E-state index < -0.39 is 0 Å². The molecule has 0 N–H and O–H groups in total. The maximum Gasteiger partial charge on any atom is 0.282 e. The van der Waals surface area contributed by atoms with Crippen LogP contribution in [0.5, 0.6) is 11.5 Å². The van der Waals surface area contributed by atoms with E-state index in [1.54, 1.807) is 31.5 Å². The van der Waals surface area contributed by atoms with Crippen molar-refractivity contribution in [2.75, 3.05) is 7.11 Å². The second-order valence-electron chi connectivity index (χ2n) is 7.50. The molecule has 0 radical (unpaired) electrons. The fourth-order valence-corrected chi connectivity index (χ4v) is 3.69. The molecule has 0 aliphatic carbocycles. The van der Waals surface area contributed by atoms with Crippen LogP contribution in [0.4, 0.5) is 0 Å². The summed E-state index contributed by atoms with van der Waals surface area (Å²) < 4.78 is 13.4. The number of benzene rings is 2. The second kappa shape index (κ2) is 9.83. The molecule has 3 aromatic rings.